The van der Waals surface area contributed by atoms with E-state index in [1.807, 2.05) is 0 Å². The molecule has 0 fully saturated rings. The maximum atomic E-state index is 11.8. The van der Waals surface area contributed by atoms with Crippen LogP contribution in [0.5, 0.6) is 5.75 Å². The van der Waals surface area contributed by atoms with Crippen LogP contribution >= 0.6 is 0 Å². The van der Waals surface area contributed by atoms with Crippen LogP contribution in [0, 0.1) is 12.3 Å². The van der Waals surface area contributed by atoms with Crippen molar-refractivity contribution in [2.45, 2.75) is 26.8 Å². The van der Waals surface area contributed by atoms with Gasteiger partial charge < -0.3 is 20.7 Å². The SMILES string of the molecule is COC(=O)C(C)(C)[C@H](N)c1c(C(=O)O)ccc(C)c1O. The summed E-state index contributed by atoms with van der Waals surface area (Å²) < 4.78 is 4.68. The smallest absolute Gasteiger partial charge is 0.336 e. The monoisotopic (exact) mass is 281 g/mol. The number of hydrogen-bond acceptors (Lipinski definition) is 5. The fourth-order valence-electron chi connectivity index (χ4n) is 1.97. The first-order valence-corrected chi connectivity index (χ1v) is 6.04. The number of hydrogen-bond donors (Lipinski definition) is 3. The number of carboxylic acids is 1. The fraction of sp³-hybridized carbons (Fsp3) is 0.429. The summed E-state index contributed by atoms with van der Waals surface area (Å²) in [7, 11) is 1.23. The average Bonchev–Trinajstić information content (AvgIpc) is 2.39. The zero-order chi connectivity index (χ0) is 15.7. The van der Waals surface area contributed by atoms with Crippen molar-refractivity contribution in [3.05, 3.63) is 28.8 Å². The normalized spacial score (nSPS) is 12.8. The van der Waals surface area contributed by atoms with Gasteiger partial charge in [0.05, 0.1) is 18.1 Å². The van der Waals surface area contributed by atoms with Crippen LogP contribution in [-0.2, 0) is 9.53 Å². The van der Waals surface area contributed by atoms with Gasteiger partial charge in [-0.25, -0.2) is 4.79 Å². The van der Waals surface area contributed by atoms with Crippen LogP contribution in [0.25, 0.3) is 0 Å². The van der Waals surface area contributed by atoms with Gasteiger partial charge in [-0.15, -0.1) is 0 Å². The number of phenols is 1. The first-order chi connectivity index (χ1) is 9.14. The van der Waals surface area contributed by atoms with E-state index in [0.717, 1.165) is 0 Å². The number of rotatable bonds is 4. The second kappa shape index (κ2) is 5.50. The fourth-order valence-corrected chi connectivity index (χ4v) is 1.97. The van der Waals surface area contributed by atoms with Crippen molar-refractivity contribution in [2.24, 2.45) is 11.1 Å². The zero-order valence-corrected chi connectivity index (χ0v) is 11.9. The lowest BCUT2D eigenvalue weighted by atomic mass is 9.78. The second-order valence-corrected chi connectivity index (χ2v) is 5.19. The number of carbonyl (C=O) groups is 2. The zero-order valence-electron chi connectivity index (χ0n) is 11.9. The van der Waals surface area contributed by atoms with Crippen LogP contribution in [0.2, 0.25) is 0 Å². The number of aryl methyl sites for hydroxylation is 1. The Hall–Kier alpha value is -2.08. The van der Waals surface area contributed by atoms with Crippen LogP contribution in [-0.4, -0.2) is 29.3 Å². The van der Waals surface area contributed by atoms with Gasteiger partial charge in [0, 0.05) is 11.6 Å². The molecule has 0 aromatic heterocycles. The molecule has 0 heterocycles. The minimum absolute atomic E-state index is 0.0351. The third-order valence-electron chi connectivity index (χ3n) is 3.45. The summed E-state index contributed by atoms with van der Waals surface area (Å²) in [6.07, 6.45) is 0. The molecule has 0 unspecified atom stereocenters. The van der Waals surface area contributed by atoms with E-state index >= 15 is 0 Å². The Morgan fingerprint density at radius 1 is 1.35 bits per heavy atom. The number of aromatic hydroxyl groups is 1. The molecule has 20 heavy (non-hydrogen) atoms. The molecule has 1 atom stereocenters. The summed E-state index contributed by atoms with van der Waals surface area (Å²) >= 11 is 0. The molecule has 0 aliphatic carbocycles. The first-order valence-electron chi connectivity index (χ1n) is 6.04. The molecule has 1 aromatic rings. The molecule has 0 radical (unpaired) electrons. The van der Waals surface area contributed by atoms with E-state index < -0.39 is 23.4 Å². The van der Waals surface area contributed by atoms with E-state index in [-0.39, 0.29) is 16.9 Å². The van der Waals surface area contributed by atoms with Crippen molar-refractivity contribution in [1.82, 2.24) is 0 Å². The van der Waals surface area contributed by atoms with E-state index in [4.69, 9.17) is 5.73 Å². The molecule has 1 aromatic carbocycles. The number of aromatic carboxylic acids is 1. The number of carbonyl (C=O) groups excluding carboxylic acids is 1. The third kappa shape index (κ3) is 2.60. The molecule has 0 saturated carbocycles. The van der Waals surface area contributed by atoms with Crippen LogP contribution < -0.4 is 5.73 Å². The number of ether oxygens (including phenoxy) is 1. The average molecular weight is 281 g/mol. The number of esters is 1. The lowest BCUT2D eigenvalue weighted by Gasteiger charge is -2.30. The predicted octanol–water partition coefficient (Wildman–Crippen LogP) is 1.60. The number of methoxy groups -OCH3 is 1. The van der Waals surface area contributed by atoms with Crippen molar-refractivity contribution in [1.29, 1.82) is 0 Å². The predicted molar refractivity (Wildman–Crippen MR) is 72.5 cm³/mol. The van der Waals surface area contributed by atoms with Gasteiger partial charge in [0.25, 0.3) is 0 Å². The highest BCUT2D eigenvalue weighted by Crippen LogP contribution is 2.39. The van der Waals surface area contributed by atoms with Gasteiger partial charge in [0.2, 0.25) is 0 Å². The number of carboxylic acid groups (broad SMARTS) is 1. The van der Waals surface area contributed by atoms with E-state index in [9.17, 15) is 19.8 Å². The van der Waals surface area contributed by atoms with Crippen molar-refractivity contribution in [3.8, 4) is 5.75 Å². The molecule has 0 aliphatic rings. The lowest BCUT2D eigenvalue weighted by Crippen LogP contribution is -2.38. The largest absolute Gasteiger partial charge is 0.507 e. The van der Waals surface area contributed by atoms with Gasteiger partial charge in [-0.2, -0.15) is 0 Å². The van der Waals surface area contributed by atoms with Gasteiger partial charge in [0.15, 0.2) is 0 Å². The van der Waals surface area contributed by atoms with E-state index in [2.05, 4.69) is 4.74 Å². The van der Waals surface area contributed by atoms with Gasteiger partial charge in [-0.1, -0.05) is 6.07 Å². The Morgan fingerprint density at radius 3 is 2.35 bits per heavy atom. The Kier molecular flexibility index (Phi) is 4.39. The highest BCUT2D eigenvalue weighted by molar-refractivity contribution is 5.91. The number of benzene rings is 1. The minimum atomic E-state index is -1.22. The van der Waals surface area contributed by atoms with Gasteiger partial charge in [0.1, 0.15) is 5.75 Å². The quantitative estimate of drug-likeness (QED) is 0.723. The lowest BCUT2D eigenvalue weighted by molar-refractivity contribution is -0.152. The molecule has 0 saturated heterocycles. The summed E-state index contributed by atoms with van der Waals surface area (Å²) in [4.78, 5) is 23.1. The summed E-state index contributed by atoms with van der Waals surface area (Å²) in [6.45, 7) is 4.70. The summed E-state index contributed by atoms with van der Waals surface area (Å²) in [5.41, 5.74) is 5.25. The summed E-state index contributed by atoms with van der Waals surface area (Å²) in [5.74, 6) is -2.01. The molecule has 6 heteroatoms. The van der Waals surface area contributed by atoms with Crippen molar-refractivity contribution < 1.29 is 24.5 Å². The van der Waals surface area contributed by atoms with Crippen LogP contribution in [0.15, 0.2) is 12.1 Å². The van der Waals surface area contributed by atoms with Crippen LogP contribution in [0.3, 0.4) is 0 Å². The Labute approximate surface area is 117 Å². The van der Waals surface area contributed by atoms with E-state index in [0.29, 0.717) is 5.56 Å². The topological polar surface area (TPSA) is 110 Å². The maximum Gasteiger partial charge on any atom is 0.336 e. The number of nitrogens with two attached hydrogens (primary N) is 1. The highest BCUT2D eigenvalue weighted by atomic mass is 16.5. The third-order valence-corrected chi connectivity index (χ3v) is 3.45. The first kappa shape index (κ1) is 16.0. The Morgan fingerprint density at radius 2 is 1.90 bits per heavy atom. The molecule has 0 aliphatic heterocycles. The minimum Gasteiger partial charge on any atom is -0.507 e. The molecular weight excluding hydrogens is 262 g/mol. The highest BCUT2D eigenvalue weighted by Gasteiger charge is 2.39. The standard InChI is InChI=1S/C14H19NO5/c1-7-5-6-8(12(17)18)9(10(7)16)11(15)14(2,3)13(19)20-4/h5-6,11,16H,15H2,1-4H3,(H,17,18)/t11-/m1/s1. The Bertz CT molecular complexity index is 551. The summed E-state index contributed by atoms with van der Waals surface area (Å²) in [6, 6.07) is 1.83. The van der Waals surface area contributed by atoms with Crippen molar-refractivity contribution >= 4 is 11.9 Å². The Balaban J connectivity index is 3.49. The van der Waals surface area contributed by atoms with Crippen LogP contribution in [0.4, 0.5) is 0 Å². The maximum absolute atomic E-state index is 11.8. The van der Waals surface area contributed by atoms with Crippen molar-refractivity contribution in [3.63, 3.8) is 0 Å². The molecule has 6 nitrogen and oxygen atoms in total. The van der Waals surface area contributed by atoms with E-state index in [1.165, 1.54) is 33.1 Å². The van der Waals surface area contributed by atoms with Crippen LogP contribution in [0.1, 0.15) is 41.4 Å². The second-order valence-electron chi connectivity index (χ2n) is 5.19. The molecule has 0 bridgehead atoms. The van der Waals surface area contributed by atoms with E-state index in [1.54, 1.807) is 6.92 Å². The molecular formula is C14H19NO5. The molecule has 4 N–H and O–H groups in total. The number of phenolic OH excluding ortho intramolecular Hbond substituents is 1. The molecule has 1 rings (SSSR count). The van der Waals surface area contributed by atoms with Gasteiger partial charge in [-0.05, 0) is 32.4 Å². The summed E-state index contributed by atoms with van der Waals surface area (Å²) in [5, 5.41) is 19.3. The van der Waals surface area contributed by atoms with Crippen molar-refractivity contribution in [2.75, 3.05) is 7.11 Å². The molecule has 0 amide bonds. The van der Waals surface area contributed by atoms with Gasteiger partial charge in [-0.3, -0.25) is 4.79 Å². The molecule has 110 valence electrons. The molecule has 0 spiro atoms. The van der Waals surface area contributed by atoms with Gasteiger partial charge >= 0.3 is 11.9 Å².